The molecule has 41 heavy (non-hydrogen) atoms. The number of pyridine rings is 1. The van der Waals surface area contributed by atoms with Gasteiger partial charge in [0.25, 0.3) is 5.91 Å². The summed E-state index contributed by atoms with van der Waals surface area (Å²) in [6, 6.07) is 3.23. The zero-order valence-electron chi connectivity index (χ0n) is 22.7. The van der Waals surface area contributed by atoms with E-state index < -0.39 is 34.6 Å². The van der Waals surface area contributed by atoms with E-state index in [2.05, 4.69) is 20.2 Å². The molecule has 3 aromatic rings. The van der Waals surface area contributed by atoms with Crippen LogP contribution in [0.25, 0.3) is 11.3 Å². The van der Waals surface area contributed by atoms with Gasteiger partial charge in [-0.3, -0.25) is 14.5 Å². The summed E-state index contributed by atoms with van der Waals surface area (Å²) in [5, 5.41) is 4.97. The van der Waals surface area contributed by atoms with Crippen molar-refractivity contribution in [3.05, 3.63) is 57.1 Å². The van der Waals surface area contributed by atoms with E-state index in [9.17, 15) is 22.8 Å². The number of halogens is 4. The second-order valence-electron chi connectivity index (χ2n) is 10.3. The monoisotopic (exact) mass is 594 g/mol. The van der Waals surface area contributed by atoms with E-state index in [1.807, 2.05) is 30.7 Å². The molecule has 14 heteroatoms. The third kappa shape index (κ3) is 6.09. The number of alkyl halides is 3. The summed E-state index contributed by atoms with van der Waals surface area (Å²) in [5.41, 5.74) is -2.18. The number of carbonyl (C=O) groups excluding carboxylic acids is 1. The minimum absolute atomic E-state index is 0.0932. The number of piperazine rings is 1. The highest BCUT2D eigenvalue weighted by atomic mass is 32.1. The average Bonchev–Trinajstić information content (AvgIpc) is 3.42. The molecule has 0 spiro atoms. The molecule has 2 atom stereocenters. The summed E-state index contributed by atoms with van der Waals surface area (Å²) >= 11 is 1.35. The number of carbonyl (C=O) groups is 1. The maximum Gasteiger partial charge on any atom is 0.417 e. The van der Waals surface area contributed by atoms with Crippen molar-refractivity contribution >= 4 is 33.8 Å². The molecule has 0 aliphatic carbocycles. The van der Waals surface area contributed by atoms with Gasteiger partial charge in [0.05, 0.1) is 41.4 Å². The molecular weight excluding hydrogens is 564 g/mol. The van der Waals surface area contributed by atoms with Crippen LogP contribution in [-0.2, 0) is 10.9 Å². The second kappa shape index (κ2) is 11.4. The van der Waals surface area contributed by atoms with Crippen LogP contribution in [0.3, 0.4) is 0 Å². The molecule has 2 saturated heterocycles. The quantitative estimate of drug-likeness (QED) is 0.426. The predicted molar refractivity (Wildman–Crippen MR) is 149 cm³/mol. The maximum atomic E-state index is 15.7. The number of rotatable bonds is 5. The van der Waals surface area contributed by atoms with Crippen molar-refractivity contribution in [1.82, 2.24) is 14.9 Å². The fourth-order valence-electron chi connectivity index (χ4n) is 5.09. The number of aromatic amines is 1. The standard InChI is InChI=1S/C27H30F4N6O3S/c1-15-12-37(13-16(2)35(15)3)23-10-20(28)17(22-14-41-26(34-22)36-4-6-40-7-5-36)8-21(23)33-25(39)18-11-32-24(38)9-19(18)27(29,30)31/h8-11,14-16H,4-7,12-13H2,1-3H3,(H,32,38)(H,33,39). The third-order valence-electron chi connectivity index (χ3n) is 7.56. The molecule has 2 N–H and O–H groups in total. The number of likely N-dealkylation sites (N-methyl/N-ethyl adjacent to an activating group) is 1. The first kappa shape index (κ1) is 29.0. The highest BCUT2D eigenvalue weighted by Crippen LogP contribution is 2.38. The molecule has 5 rings (SSSR count). The van der Waals surface area contributed by atoms with Gasteiger partial charge in [0.1, 0.15) is 5.82 Å². The lowest BCUT2D eigenvalue weighted by atomic mass is 10.0. The van der Waals surface area contributed by atoms with Crippen molar-refractivity contribution in [2.45, 2.75) is 32.1 Å². The molecule has 9 nitrogen and oxygen atoms in total. The van der Waals surface area contributed by atoms with Crippen molar-refractivity contribution in [3.8, 4) is 11.3 Å². The lowest BCUT2D eigenvalue weighted by molar-refractivity contribution is -0.138. The van der Waals surface area contributed by atoms with Crippen molar-refractivity contribution in [1.29, 1.82) is 0 Å². The summed E-state index contributed by atoms with van der Waals surface area (Å²) in [6.45, 7) is 7.46. The largest absolute Gasteiger partial charge is 0.417 e. The number of morpholine rings is 1. The Balaban J connectivity index is 1.56. The van der Waals surface area contributed by atoms with E-state index in [1.54, 1.807) is 5.38 Å². The van der Waals surface area contributed by atoms with Gasteiger partial charge in [-0.15, -0.1) is 11.3 Å². The van der Waals surface area contributed by atoms with Crippen LogP contribution in [0.15, 0.2) is 34.6 Å². The Labute approximate surface area is 237 Å². The summed E-state index contributed by atoms with van der Waals surface area (Å²) in [4.78, 5) is 37.8. The molecule has 2 aliphatic rings. The van der Waals surface area contributed by atoms with Crippen LogP contribution in [0.1, 0.15) is 29.8 Å². The molecular formula is C27H30F4N6O3S. The number of nitrogens with one attached hydrogen (secondary N) is 2. The Morgan fingerprint density at radius 3 is 2.46 bits per heavy atom. The summed E-state index contributed by atoms with van der Waals surface area (Å²) in [7, 11) is 1.99. The van der Waals surface area contributed by atoms with Gasteiger partial charge < -0.3 is 24.8 Å². The van der Waals surface area contributed by atoms with Gasteiger partial charge in [-0.2, -0.15) is 13.2 Å². The van der Waals surface area contributed by atoms with Gasteiger partial charge in [-0.05, 0) is 27.0 Å². The van der Waals surface area contributed by atoms with Gasteiger partial charge in [0, 0.05) is 67.5 Å². The normalized spacial score (nSPS) is 20.4. The van der Waals surface area contributed by atoms with E-state index in [0.717, 1.165) is 6.20 Å². The number of amides is 1. The molecule has 2 fully saturated rings. The fraction of sp³-hybridized carbons (Fsp3) is 0.444. The molecule has 0 saturated carbocycles. The third-order valence-corrected chi connectivity index (χ3v) is 8.46. The van der Waals surface area contributed by atoms with E-state index in [0.29, 0.717) is 62.0 Å². The summed E-state index contributed by atoms with van der Waals surface area (Å²) < 4.78 is 62.2. The number of hydrogen-bond donors (Lipinski definition) is 2. The molecule has 0 bridgehead atoms. The average molecular weight is 595 g/mol. The van der Waals surface area contributed by atoms with Crippen molar-refractivity contribution in [2.75, 3.05) is 61.6 Å². The summed E-state index contributed by atoms with van der Waals surface area (Å²) in [5.74, 6) is -1.66. The van der Waals surface area contributed by atoms with Crippen LogP contribution in [0, 0.1) is 5.82 Å². The Hall–Kier alpha value is -3.49. The Morgan fingerprint density at radius 2 is 1.80 bits per heavy atom. The van der Waals surface area contributed by atoms with Gasteiger partial charge in [-0.1, -0.05) is 0 Å². The molecule has 0 radical (unpaired) electrons. The zero-order valence-corrected chi connectivity index (χ0v) is 23.5. The van der Waals surface area contributed by atoms with Crippen LogP contribution < -0.4 is 20.7 Å². The molecule has 4 heterocycles. The fourth-order valence-corrected chi connectivity index (χ4v) is 5.97. The first-order valence-electron chi connectivity index (χ1n) is 13.1. The zero-order chi connectivity index (χ0) is 29.5. The van der Waals surface area contributed by atoms with Crippen molar-refractivity contribution in [2.24, 2.45) is 0 Å². The van der Waals surface area contributed by atoms with Crippen LogP contribution in [0.2, 0.25) is 0 Å². The van der Waals surface area contributed by atoms with Gasteiger partial charge in [0.2, 0.25) is 5.56 Å². The van der Waals surface area contributed by atoms with Gasteiger partial charge >= 0.3 is 6.18 Å². The lowest BCUT2D eigenvalue weighted by Gasteiger charge is -2.44. The SMILES string of the molecule is CC1CN(c2cc(F)c(-c3csc(N4CCOCC4)n3)cc2NC(=O)c2c[nH]c(=O)cc2C(F)(F)F)CC(C)N1C. The molecule has 1 amide bonds. The van der Waals surface area contributed by atoms with Gasteiger partial charge in [-0.25, -0.2) is 9.37 Å². The van der Waals surface area contributed by atoms with E-state index in [4.69, 9.17) is 4.74 Å². The number of anilines is 3. The highest BCUT2D eigenvalue weighted by Gasteiger charge is 2.36. The second-order valence-corrected chi connectivity index (χ2v) is 11.1. The number of H-pyrrole nitrogens is 1. The molecule has 220 valence electrons. The minimum atomic E-state index is -4.93. The van der Waals surface area contributed by atoms with Gasteiger partial charge in [0.15, 0.2) is 5.13 Å². The summed E-state index contributed by atoms with van der Waals surface area (Å²) in [6.07, 6.45) is -4.20. The van der Waals surface area contributed by atoms with Crippen LogP contribution in [0.5, 0.6) is 0 Å². The Bertz CT molecular complexity index is 1470. The van der Waals surface area contributed by atoms with E-state index in [1.165, 1.54) is 23.5 Å². The van der Waals surface area contributed by atoms with Crippen LogP contribution >= 0.6 is 11.3 Å². The van der Waals surface area contributed by atoms with Crippen molar-refractivity contribution < 1.29 is 27.1 Å². The molecule has 2 aromatic heterocycles. The smallest absolute Gasteiger partial charge is 0.378 e. The Morgan fingerprint density at radius 1 is 1.12 bits per heavy atom. The number of ether oxygens (including phenoxy) is 1. The van der Waals surface area contributed by atoms with Crippen molar-refractivity contribution in [3.63, 3.8) is 0 Å². The maximum absolute atomic E-state index is 15.7. The lowest BCUT2D eigenvalue weighted by Crippen LogP contribution is -2.55. The number of nitrogens with zero attached hydrogens (tertiary/aromatic N) is 4. The first-order valence-corrected chi connectivity index (χ1v) is 14.0. The number of aromatic nitrogens is 2. The molecule has 1 aromatic carbocycles. The number of thiazole rings is 1. The minimum Gasteiger partial charge on any atom is -0.378 e. The predicted octanol–water partition coefficient (Wildman–Crippen LogP) is 4.27. The van der Waals surface area contributed by atoms with Crippen LogP contribution in [-0.4, -0.2) is 79.3 Å². The Kier molecular flexibility index (Phi) is 8.08. The topological polar surface area (TPSA) is 93.8 Å². The highest BCUT2D eigenvalue weighted by molar-refractivity contribution is 7.14. The molecule has 2 aliphatic heterocycles. The number of benzene rings is 1. The van der Waals surface area contributed by atoms with Crippen LogP contribution in [0.4, 0.5) is 34.1 Å². The molecule has 2 unspecified atom stereocenters. The van der Waals surface area contributed by atoms with E-state index in [-0.39, 0.29) is 23.3 Å². The van der Waals surface area contributed by atoms with E-state index >= 15 is 4.39 Å². The first-order chi connectivity index (χ1) is 19.4. The number of hydrogen-bond acceptors (Lipinski definition) is 8.